The minimum Gasteiger partial charge on any atom is -0.497 e. The molecule has 0 aliphatic carbocycles. The van der Waals surface area contributed by atoms with E-state index in [0.29, 0.717) is 34.0 Å². The first kappa shape index (κ1) is 18.3. The summed E-state index contributed by atoms with van der Waals surface area (Å²) in [6.45, 7) is 0.568. The van der Waals surface area contributed by atoms with Gasteiger partial charge in [-0.05, 0) is 35.9 Å². The van der Waals surface area contributed by atoms with Gasteiger partial charge < -0.3 is 21.1 Å². The molecule has 0 atom stereocenters. The van der Waals surface area contributed by atoms with Gasteiger partial charge in [0.2, 0.25) is 0 Å². The summed E-state index contributed by atoms with van der Waals surface area (Å²) in [5.41, 5.74) is 8.61. The Hall–Kier alpha value is -3.10. The van der Waals surface area contributed by atoms with Crippen LogP contribution in [-0.4, -0.2) is 22.1 Å². The van der Waals surface area contributed by atoms with E-state index in [1.54, 1.807) is 7.11 Å². The van der Waals surface area contributed by atoms with Crippen molar-refractivity contribution < 1.29 is 4.74 Å². The topological polar surface area (TPSA) is 98.0 Å². The van der Waals surface area contributed by atoms with Gasteiger partial charge in [0.25, 0.3) is 0 Å². The number of nitrogen functional groups attached to an aromatic ring is 1. The van der Waals surface area contributed by atoms with Crippen molar-refractivity contribution in [3.05, 3.63) is 59.4 Å². The van der Waals surface area contributed by atoms with E-state index in [0.717, 1.165) is 21.5 Å². The lowest BCUT2D eigenvalue weighted by Gasteiger charge is -2.11. The Balaban J connectivity index is 1.52. The van der Waals surface area contributed by atoms with Crippen LogP contribution in [0, 0.1) is 0 Å². The van der Waals surface area contributed by atoms with Crippen molar-refractivity contribution in [3.8, 4) is 5.75 Å². The van der Waals surface area contributed by atoms with Crippen LogP contribution in [0.5, 0.6) is 5.75 Å². The maximum Gasteiger partial charge on any atom is 0.189 e. The Bertz CT molecular complexity index is 1120. The molecule has 2 heterocycles. The lowest BCUT2D eigenvalue weighted by Crippen LogP contribution is -2.08. The summed E-state index contributed by atoms with van der Waals surface area (Å²) in [4.78, 5) is 13.0. The number of anilines is 4. The molecule has 0 radical (unpaired) electrons. The molecule has 0 aliphatic heterocycles. The fourth-order valence-electron chi connectivity index (χ4n) is 2.61. The number of methoxy groups -OCH3 is 1. The standard InChI is InChI=1S/C19H17ClN6OS/c1-27-13-6-7-14-15(8-13)28-19(25-14)26-18-16(21)17(23-10-24-18)22-9-11-2-4-12(20)5-3-11/h2-8,10H,9,21H2,1H3,(H2,22,23,24,25,26). The lowest BCUT2D eigenvalue weighted by molar-refractivity contribution is 0.415. The summed E-state index contributed by atoms with van der Waals surface area (Å²) in [6, 6.07) is 13.3. The first-order chi connectivity index (χ1) is 13.6. The molecule has 0 saturated carbocycles. The van der Waals surface area contributed by atoms with E-state index >= 15 is 0 Å². The van der Waals surface area contributed by atoms with Crippen LogP contribution >= 0.6 is 22.9 Å². The van der Waals surface area contributed by atoms with Crippen molar-refractivity contribution in [2.75, 3.05) is 23.5 Å². The summed E-state index contributed by atoms with van der Waals surface area (Å²) >= 11 is 7.41. The molecule has 9 heteroatoms. The number of nitrogens with one attached hydrogen (secondary N) is 2. The van der Waals surface area contributed by atoms with Gasteiger partial charge in [-0.25, -0.2) is 15.0 Å². The summed E-state index contributed by atoms with van der Waals surface area (Å²) < 4.78 is 6.27. The monoisotopic (exact) mass is 412 g/mol. The van der Waals surface area contributed by atoms with Gasteiger partial charge in [0.15, 0.2) is 16.8 Å². The maximum atomic E-state index is 6.25. The summed E-state index contributed by atoms with van der Waals surface area (Å²) in [5.74, 6) is 1.84. The van der Waals surface area contributed by atoms with Crippen molar-refractivity contribution in [3.63, 3.8) is 0 Å². The van der Waals surface area contributed by atoms with Gasteiger partial charge in [-0.2, -0.15) is 0 Å². The van der Waals surface area contributed by atoms with Crippen LogP contribution in [0.4, 0.5) is 22.5 Å². The molecule has 0 bridgehead atoms. The highest BCUT2D eigenvalue weighted by molar-refractivity contribution is 7.22. The summed E-state index contributed by atoms with van der Waals surface area (Å²) in [6.07, 6.45) is 1.46. The lowest BCUT2D eigenvalue weighted by atomic mass is 10.2. The molecule has 4 N–H and O–H groups in total. The molecule has 7 nitrogen and oxygen atoms in total. The number of rotatable bonds is 6. The van der Waals surface area contributed by atoms with E-state index in [9.17, 15) is 0 Å². The fraction of sp³-hybridized carbons (Fsp3) is 0.105. The van der Waals surface area contributed by atoms with Crippen LogP contribution in [0.3, 0.4) is 0 Å². The third-order valence-corrected chi connectivity index (χ3v) is 5.26. The second kappa shape index (κ2) is 7.87. The van der Waals surface area contributed by atoms with Crippen LogP contribution in [-0.2, 0) is 6.54 Å². The van der Waals surface area contributed by atoms with Crippen LogP contribution in [0.15, 0.2) is 48.8 Å². The molecule has 0 unspecified atom stereocenters. The number of thiazole rings is 1. The van der Waals surface area contributed by atoms with Crippen molar-refractivity contribution in [1.82, 2.24) is 15.0 Å². The van der Waals surface area contributed by atoms with Gasteiger partial charge in [0, 0.05) is 11.6 Å². The van der Waals surface area contributed by atoms with Gasteiger partial charge >= 0.3 is 0 Å². The van der Waals surface area contributed by atoms with Gasteiger partial charge in [0.1, 0.15) is 17.8 Å². The zero-order chi connectivity index (χ0) is 19.5. The smallest absolute Gasteiger partial charge is 0.189 e. The highest BCUT2D eigenvalue weighted by Crippen LogP contribution is 2.32. The van der Waals surface area contributed by atoms with Gasteiger partial charge in [-0.15, -0.1) is 0 Å². The third-order valence-electron chi connectivity index (χ3n) is 4.08. The third kappa shape index (κ3) is 3.92. The van der Waals surface area contributed by atoms with Crippen molar-refractivity contribution in [2.45, 2.75) is 6.54 Å². The van der Waals surface area contributed by atoms with Crippen LogP contribution in [0.25, 0.3) is 10.2 Å². The Kier molecular flexibility index (Phi) is 5.14. The molecule has 0 aliphatic rings. The number of nitrogens with zero attached hydrogens (tertiary/aromatic N) is 3. The number of aromatic nitrogens is 3. The van der Waals surface area contributed by atoms with Gasteiger partial charge in [0.05, 0.1) is 17.3 Å². The van der Waals surface area contributed by atoms with Crippen molar-refractivity contribution in [1.29, 1.82) is 0 Å². The van der Waals surface area contributed by atoms with E-state index in [-0.39, 0.29) is 0 Å². The normalized spacial score (nSPS) is 10.8. The van der Waals surface area contributed by atoms with E-state index in [4.69, 9.17) is 22.1 Å². The zero-order valence-electron chi connectivity index (χ0n) is 14.9. The number of ether oxygens (including phenoxy) is 1. The molecule has 142 valence electrons. The predicted molar refractivity (Wildman–Crippen MR) is 115 cm³/mol. The van der Waals surface area contributed by atoms with Gasteiger partial charge in [-0.3, -0.25) is 0 Å². The molecule has 0 spiro atoms. The number of fused-ring (bicyclic) bond motifs is 1. The number of hydrogen-bond donors (Lipinski definition) is 3. The minimum atomic E-state index is 0.424. The molecule has 2 aromatic heterocycles. The first-order valence-electron chi connectivity index (χ1n) is 8.43. The largest absolute Gasteiger partial charge is 0.497 e. The highest BCUT2D eigenvalue weighted by Gasteiger charge is 2.11. The minimum absolute atomic E-state index is 0.424. The van der Waals surface area contributed by atoms with E-state index in [1.807, 2.05) is 42.5 Å². The Morgan fingerprint density at radius 2 is 1.89 bits per heavy atom. The fourth-order valence-corrected chi connectivity index (χ4v) is 3.63. The number of hydrogen-bond acceptors (Lipinski definition) is 8. The molecule has 0 saturated heterocycles. The first-order valence-corrected chi connectivity index (χ1v) is 9.62. The maximum absolute atomic E-state index is 6.25. The Labute approximate surface area is 170 Å². The van der Waals surface area contributed by atoms with Crippen LogP contribution < -0.4 is 21.1 Å². The predicted octanol–water partition coefficient (Wildman–Crippen LogP) is 4.69. The molecule has 4 rings (SSSR count). The van der Waals surface area contributed by atoms with E-state index < -0.39 is 0 Å². The van der Waals surface area contributed by atoms with Crippen molar-refractivity contribution >= 4 is 55.6 Å². The number of benzene rings is 2. The molecule has 4 aromatic rings. The van der Waals surface area contributed by atoms with Crippen LogP contribution in [0.1, 0.15) is 5.56 Å². The van der Waals surface area contributed by atoms with Crippen molar-refractivity contribution in [2.24, 2.45) is 0 Å². The van der Waals surface area contributed by atoms with E-state index in [1.165, 1.54) is 17.7 Å². The van der Waals surface area contributed by atoms with Gasteiger partial charge in [-0.1, -0.05) is 35.1 Å². The van der Waals surface area contributed by atoms with Crippen LogP contribution in [0.2, 0.25) is 5.02 Å². The number of nitrogens with two attached hydrogens (primary N) is 1. The Morgan fingerprint density at radius 3 is 2.68 bits per heavy atom. The average molecular weight is 413 g/mol. The summed E-state index contributed by atoms with van der Waals surface area (Å²) in [5, 5.41) is 7.79. The average Bonchev–Trinajstić information content (AvgIpc) is 3.11. The second-order valence-electron chi connectivity index (χ2n) is 5.94. The molecule has 0 fully saturated rings. The quantitative estimate of drug-likeness (QED) is 0.422. The second-order valence-corrected chi connectivity index (χ2v) is 7.41. The highest BCUT2D eigenvalue weighted by atomic mass is 35.5. The molecular weight excluding hydrogens is 396 g/mol. The summed E-state index contributed by atoms with van der Waals surface area (Å²) in [7, 11) is 1.64. The molecule has 2 aromatic carbocycles. The molecule has 0 amide bonds. The number of halogens is 1. The SMILES string of the molecule is COc1ccc2nc(Nc3ncnc(NCc4ccc(Cl)cc4)c3N)sc2c1. The Morgan fingerprint density at radius 1 is 1.11 bits per heavy atom. The van der Waals surface area contributed by atoms with E-state index in [2.05, 4.69) is 25.6 Å². The zero-order valence-corrected chi connectivity index (χ0v) is 16.5. The molecular formula is C19H17ClN6OS. The molecule has 28 heavy (non-hydrogen) atoms.